The Labute approximate surface area is 230 Å². The van der Waals surface area contributed by atoms with Crippen molar-refractivity contribution in [2.45, 2.75) is 25.5 Å². The van der Waals surface area contributed by atoms with Crippen LogP contribution in [0, 0.1) is 10.1 Å². The SMILES string of the molecule is Cl.NC(N)=NCCc1ccc(OCCC2Oc3cc([N+](=O)[O-])ccc3N(Cc3cccc(Cl)c3)C2=O)cc1. The van der Waals surface area contributed by atoms with Crippen LogP contribution in [-0.2, 0) is 17.8 Å². The summed E-state index contributed by atoms with van der Waals surface area (Å²) in [6, 6.07) is 18.9. The molecule has 1 atom stereocenters. The van der Waals surface area contributed by atoms with Gasteiger partial charge in [0, 0.05) is 24.1 Å². The molecule has 0 aliphatic carbocycles. The zero-order valence-electron chi connectivity index (χ0n) is 20.3. The van der Waals surface area contributed by atoms with Gasteiger partial charge in [-0.1, -0.05) is 35.9 Å². The zero-order chi connectivity index (χ0) is 26.4. The van der Waals surface area contributed by atoms with Gasteiger partial charge in [0.2, 0.25) is 0 Å². The maximum atomic E-state index is 13.4. The van der Waals surface area contributed by atoms with Gasteiger partial charge in [0.15, 0.2) is 17.8 Å². The third-order valence-corrected chi connectivity index (χ3v) is 5.99. The molecule has 0 saturated carbocycles. The van der Waals surface area contributed by atoms with Crippen LogP contribution in [0.5, 0.6) is 11.5 Å². The van der Waals surface area contributed by atoms with E-state index in [0.29, 0.717) is 29.4 Å². The number of aliphatic imine (C=N–C) groups is 1. The fraction of sp³-hybridized carbons (Fsp3) is 0.231. The van der Waals surface area contributed by atoms with Crippen LogP contribution in [0.15, 0.2) is 71.7 Å². The van der Waals surface area contributed by atoms with E-state index in [9.17, 15) is 14.9 Å². The van der Waals surface area contributed by atoms with Gasteiger partial charge < -0.3 is 25.8 Å². The Morgan fingerprint density at radius 3 is 2.55 bits per heavy atom. The summed E-state index contributed by atoms with van der Waals surface area (Å²) in [7, 11) is 0. The zero-order valence-corrected chi connectivity index (χ0v) is 21.9. The highest BCUT2D eigenvalue weighted by molar-refractivity contribution is 6.30. The first-order valence-corrected chi connectivity index (χ1v) is 12.0. The summed E-state index contributed by atoms with van der Waals surface area (Å²) in [5.41, 5.74) is 12.9. The number of carbonyl (C=O) groups excluding carboxylic acids is 1. The van der Waals surface area contributed by atoms with E-state index in [1.54, 1.807) is 23.1 Å². The van der Waals surface area contributed by atoms with Crippen molar-refractivity contribution < 1.29 is 19.2 Å². The van der Waals surface area contributed by atoms with Crippen LogP contribution in [0.1, 0.15) is 17.5 Å². The number of carbonyl (C=O) groups is 1. The van der Waals surface area contributed by atoms with Crippen LogP contribution in [0.2, 0.25) is 5.02 Å². The van der Waals surface area contributed by atoms with E-state index >= 15 is 0 Å². The third kappa shape index (κ3) is 7.27. The lowest BCUT2D eigenvalue weighted by Gasteiger charge is -2.34. The average Bonchev–Trinajstić information content (AvgIpc) is 2.86. The summed E-state index contributed by atoms with van der Waals surface area (Å²) in [6.45, 7) is 0.945. The number of ether oxygens (including phenoxy) is 2. The number of halogens is 2. The van der Waals surface area contributed by atoms with Gasteiger partial charge in [0.1, 0.15) is 5.75 Å². The van der Waals surface area contributed by atoms with Gasteiger partial charge in [0.05, 0.1) is 29.8 Å². The molecule has 0 saturated heterocycles. The molecule has 12 heteroatoms. The Balaban J connectivity index is 0.00000400. The molecule has 0 fully saturated rings. The number of hydrogen-bond donors (Lipinski definition) is 2. The van der Waals surface area contributed by atoms with Crippen molar-refractivity contribution in [3.63, 3.8) is 0 Å². The molecule has 3 aromatic carbocycles. The number of benzene rings is 3. The third-order valence-electron chi connectivity index (χ3n) is 5.75. The fourth-order valence-corrected chi connectivity index (χ4v) is 4.16. The summed E-state index contributed by atoms with van der Waals surface area (Å²) >= 11 is 6.12. The molecule has 1 unspecified atom stereocenters. The standard InChI is InChI=1S/C26H26ClN5O5.ClH/c27-19-3-1-2-18(14-19)16-31-22-9-6-20(32(34)35)15-24(22)37-23(25(31)33)11-13-36-21-7-4-17(5-8-21)10-12-30-26(28)29;/h1-9,14-15,23H,10-13,16H2,(H4,28,29,30);1H. The maximum Gasteiger partial charge on any atom is 0.273 e. The lowest BCUT2D eigenvalue weighted by atomic mass is 10.1. The second kappa shape index (κ2) is 13.0. The average molecular weight is 560 g/mol. The minimum atomic E-state index is -0.868. The lowest BCUT2D eigenvalue weighted by molar-refractivity contribution is -0.384. The van der Waals surface area contributed by atoms with E-state index in [0.717, 1.165) is 11.1 Å². The summed E-state index contributed by atoms with van der Waals surface area (Å²) in [5.74, 6) is 0.703. The number of amides is 1. The molecular formula is C26H27Cl2N5O5. The Morgan fingerprint density at radius 1 is 1.11 bits per heavy atom. The van der Waals surface area contributed by atoms with Crippen molar-refractivity contribution >= 4 is 47.2 Å². The number of anilines is 1. The first-order chi connectivity index (χ1) is 17.8. The van der Waals surface area contributed by atoms with E-state index in [-0.39, 0.29) is 55.3 Å². The Kier molecular flexibility index (Phi) is 9.75. The number of nitro groups is 1. The highest BCUT2D eigenvalue weighted by Gasteiger charge is 2.35. The van der Waals surface area contributed by atoms with E-state index in [1.807, 2.05) is 30.3 Å². The number of non-ortho nitro benzene ring substituents is 1. The molecule has 10 nitrogen and oxygen atoms in total. The first-order valence-electron chi connectivity index (χ1n) is 11.6. The lowest BCUT2D eigenvalue weighted by Crippen LogP contribution is -2.46. The second-order valence-electron chi connectivity index (χ2n) is 8.41. The smallest absolute Gasteiger partial charge is 0.273 e. The maximum absolute atomic E-state index is 13.4. The van der Waals surface area contributed by atoms with Crippen molar-refractivity contribution in [3.8, 4) is 11.5 Å². The van der Waals surface area contributed by atoms with Gasteiger partial charge in [-0.05, 0) is 47.9 Å². The van der Waals surface area contributed by atoms with Gasteiger partial charge in [-0.15, -0.1) is 12.4 Å². The fourth-order valence-electron chi connectivity index (χ4n) is 3.94. The normalized spacial score (nSPS) is 14.1. The van der Waals surface area contributed by atoms with Crippen LogP contribution in [-0.4, -0.2) is 36.0 Å². The molecule has 200 valence electrons. The van der Waals surface area contributed by atoms with E-state index in [1.165, 1.54) is 18.2 Å². The molecule has 4 rings (SSSR count). The molecule has 1 aliphatic heterocycles. The Hall–Kier alpha value is -4.02. The van der Waals surface area contributed by atoms with Crippen LogP contribution >= 0.6 is 24.0 Å². The van der Waals surface area contributed by atoms with Crippen LogP contribution in [0.4, 0.5) is 11.4 Å². The van der Waals surface area contributed by atoms with E-state index < -0.39 is 11.0 Å². The highest BCUT2D eigenvalue weighted by Crippen LogP contribution is 2.38. The number of rotatable bonds is 10. The molecule has 0 spiro atoms. The Morgan fingerprint density at radius 2 is 1.87 bits per heavy atom. The summed E-state index contributed by atoms with van der Waals surface area (Å²) in [4.78, 5) is 29.7. The molecule has 1 heterocycles. The number of fused-ring (bicyclic) bond motifs is 1. The number of nitrogens with zero attached hydrogens (tertiary/aromatic N) is 3. The molecule has 1 aliphatic rings. The summed E-state index contributed by atoms with van der Waals surface area (Å²) in [5, 5.41) is 11.9. The minimum Gasteiger partial charge on any atom is -0.493 e. The topological polar surface area (TPSA) is 146 Å². The van der Waals surface area contributed by atoms with Crippen molar-refractivity contribution in [1.29, 1.82) is 0 Å². The molecule has 38 heavy (non-hydrogen) atoms. The Bertz CT molecular complexity index is 1320. The predicted molar refractivity (Wildman–Crippen MR) is 148 cm³/mol. The first kappa shape index (κ1) is 28.5. The number of hydrogen-bond acceptors (Lipinski definition) is 6. The monoisotopic (exact) mass is 559 g/mol. The van der Waals surface area contributed by atoms with Crippen molar-refractivity contribution in [3.05, 3.63) is 93.0 Å². The van der Waals surface area contributed by atoms with Crippen LogP contribution < -0.4 is 25.8 Å². The van der Waals surface area contributed by atoms with Gasteiger partial charge in [0.25, 0.3) is 11.6 Å². The van der Waals surface area contributed by atoms with Gasteiger partial charge >= 0.3 is 0 Å². The number of guanidine groups is 1. The molecule has 3 aromatic rings. The van der Waals surface area contributed by atoms with E-state index in [2.05, 4.69) is 4.99 Å². The molecule has 0 bridgehead atoms. The molecule has 1 amide bonds. The largest absolute Gasteiger partial charge is 0.493 e. The predicted octanol–water partition coefficient (Wildman–Crippen LogP) is 4.25. The van der Waals surface area contributed by atoms with Gasteiger partial charge in [-0.25, -0.2) is 0 Å². The van der Waals surface area contributed by atoms with Crippen molar-refractivity contribution in [2.75, 3.05) is 18.1 Å². The van der Waals surface area contributed by atoms with Crippen LogP contribution in [0.25, 0.3) is 0 Å². The molecule has 0 radical (unpaired) electrons. The molecule has 4 N–H and O–H groups in total. The minimum absolute atomic E-state index is 0. The summed E-state index contributed by atoms with van der Waals surface area (Å²) < 4.78 is 11.7. The van der Waals surface area contributed by atoms with Crippen LogP contribution in [0.3, 0.4) is 0 Å². The highest BCUT2D eigenvalue weighted by atomic mass is 35.5. The van der Waals surface area contributed by atoms with E-state index in [4.69, 9.17) is 32.5 Å². The van der Waals surface area contributed by atoms with Crippen molar-refractivity contribution in [1.82, 2.24) is 0 Å². The van der Waals surface area contributed by atoms with Gasteiger partial charge in [-0.2, -0.15) is 0 Å². The summed E-state index contributed by atoms with van der Waals surface area (Å²) in [6.07, 6.45) is 0.0723. The number of nitro benzene ring substituents is 1. The molecule has 0 aromatic heterocycles. The quantitative estimate of drug-likeness (QED) is 0.163. The van der Waals surface area contributed by atoms with Crippen molar-refractivity contribution in [2.24, 2.45) is 16.5 Å². The second-order valence-corrected chi connectivity index (χ2v) is 8.84. The number of nitrogens with two attached hydrogens (primary N) is 2. The van der Waals surface area contributed by atoms with Gasteiger partial charge in [-0.3, -0.25) is 19.9 Å². The molecular weight excluding hydrogens is 533 g/mol.